The monoisotopic (exact) mass is 374 g/mol. The molecule has 1 fully saturated rings. The van der Waals surface area contributed by atoms with E-state index >= 15 is 0 Å². The third-order valence-corrected chi connectivity index (χ3v) is 5.09. The normalized spacial score (nSPS) is 21.0. The lowest BCUT2D eigenvalue weighted by Gasteiger charge is -2.30. The average Bonchev–Trinajstić information content (AvgIpc) is 2.93. The van der Waals surface area contributed by atoms with Gasteiger partial charge in [-0.3, -0.25) is 14.5 Å². The molecule has 2 heterocycles. The van der Waals surface area contributed by atoms with E-state index in [9.17, 15) is 14.7 Å². The maximum atomic E-state index is 12.7. The third-order valence-electron chi connectivity index (χ3n) is 5.09. The standard InChI is InChI=1S/C20H26N2O5/c1-14(23)17-18(15-6-3-4-7-16(15)26-2)22(20(25)19(17)24)9-5-8-21-10-12-27-13-11-21/h3-4,6-7,18,24H,5,8-13H2,1-2H3/t18-/m1/s1. The first kappa shape index (κ1) is 19.4. The number of hydrogen-bond acceptors (Lipinski definition) is 6. The second kappa shape index (κ2) is 8.54. The molecule has 1 atom stereocenters. The number of carbonyl (C=O) groups excluding carboxylic acids is 2. The highest BCUT2D eigenvalue weighted by Gasteiger charge is 2.43. The van der Waals surface area contributed by atoms with Crippen molar-refractivity contribution >= 4 is 11.7 Å². The van der Waals surface area contributed by atoms with Crippen LogP contribution in [0.1, 0.15) is 24.9 Å². The van der Waals surface area contributed by atoms with Crippen LogP contribution in [0.5, 0.6) is 5.75 Å². The number of morpholine rings is 1. The highest BCUT2D eigenvalue weighted by molar-refractivity contribution is 6.08. The molecule has 0 spiro atoms. The Labute approximate surface area is 159 Å². The minimum atomic E-state index is -0.629. The van der Waals surface area contributed by atoms with E-state index < -0.39 is 17.7 Å². The second-order valence-corrected chi connectivity index (χ2v) is 6.77. The number of nitrogens with zero attached hydrogens (tertiary/aromatic N) is 2. The number of methoxy groups -OCH3 is 1. The molecule has 0 radical (unpaired) electrons. The van der Waals surface area contributed by atoms with Crippen LogP contribution < -0.4 is 4.74 Å². The minimum absolute atomic E-state index is 0.135. The quantitative estimate of drug-likeness (QED) is 0.783. The fourth-order valence-corrected chi connectivity index (χ4v) is 3.75. The van der Waals surface area contributed by atoms with Crippen LogP contribution >= 0.6 is 0 Å². The summed E-state index contributed by atoms with van der Waals surface area (Å²) in [5.41, 5.74) is 0.838. The molecule has 2 aliphatic heterocycles. The predicted molar refractivity (Wildman–Crippen MR) is 99.7 cm³/mol. The third kappa shape index (κ3) is 3.99. The smallest absolute Gasteiger partial charge is 0.290 e. The van der Waals surface area contributed by atoms with E-state index in [-0.39, 0.29) is 11.4 Å². The van der Waals surface area contributed by atoms with Crippen LogP contribution in [0.25, 0.3) is 0 Å². The van der Waals surface area contributed by atoms with Gasteiger partial charge in [-0.05, 0) is 19.4 Å². The van der Waals surface area contributed by atoms with Crippen molar-refractivity contribution in [2.75, 3.05) is 46.5 Å². The van der Waals surface area contributed by atoms with Crippen molar-refractivity contribution < 1.29 is 24.2 Å². The van der Waals surface area contributed by atoms with Crippen molar-refractivity contribution in [3.63, 3.8) is 0 Å². The number of carbonyl (C=O) groups is 2. The van der Waals surface area contributed by atoms with E-state index in [1.807, 2.05) is 18.2 Å². The number of Topliss-reactive ketones (excluding diaryl/α,β-unsaturated/α-hetero) is 1. The summed E-state index contributed by atoms with van der Waals surface area (Å²) in [6.45, 7) is 5.87. The van der Waals surface area contributed by atoms with Gasteiger partial charge in [0.05, 0.1) is 31.9 Å². The molecule has 0 aliphatic carbocycles. The molecular weight excluding hydrogens is 348 g/mol. The van der Waals surface area contributed by atoms with Gasteiger partial charge in [0.15, 0.2) is 11.5 Å². The fourth-order valence-electron chi connectivity index (χ4n) is 3.75. The number of ether oxygens (including phenoxy) is 2. The van der Waals surface area contributed by atoms with Gasteiger partial charge in [0, 0.05) is 31.7 Å². The van der Waals surface area contributed by atoms with Crippen LogP contribution in [0.15, 0.2) is 35.6 Å². The molecule has 7 heteroatoms. The molecule has 0 saturated carbocycles. The number of hydrogen-bond donors (Lipinski definition) is 1. The summed E-state index contributed by atoms with van der Waals surface area (Å²) < 4.78 is 10.8. The summed E-state index contributed by atoms with van der Waals surface area (Å²) in [7, 11) is 1.55. The lowest BCUT2D eigenvalue weighted by Crippen LogP contribution is -2.39. The maximum Gasteiger partial charge on any atom is 0.290 e. The largest absolute Gasteiger partial charge is 0.503 e. The van der Waals surface area contributed by atoms with Gasteiger partial charge in [0.2, 0.25) is 0 Å². The first-order valence-electron chi connectivity index (χ1n) is 9.22. The van der Waals surface area contributed by atoms with Crippen LogP contribution in [0, 0.1) is 0 Å². The molecule has 1 N–H and O–H groups in total. The van der Waals surface area contributed by atoms with E-state index in [4.69, 9.17) is 9.47 Å². The van der Waals surface area contributed by atoms with Crippen LogP contribution in [-0.2, 0) is 14.3 Å². The van der Waals surface area contributed by atoms with Crippen molar-refractivity contribution in [3.8, 4) is 5.75 Å². The molecule has 2 aliphatic rings. The summed E-state index contributed by atoms with van der Waals surface area (Å²) in [4.78, 5) is 28.7. The Kier molecular flexibility index (Phi) is 6.13. The number of aliphatic hydroxyl groups is 1. The number of benzene rings is 1. The Hall–Kier alpha value is -2.38. The van der Waals surface area contributed by atoms with Crippen molar-refractivity contribution in [2.24, 2.45) is 0 Å². The van der Waals surface area contributed by atoms with E-state index in [0.717, 1.165) is 39.3 Å². The van der Waals surface area contributed by atoms with Crippen LogP contribution in [0.4, 0.5) is 0 Å². The number of ketones is 1. The van der Waals surface area contributed by atoms with Gasteiger partial charge in [-0.15, -0.1) is 0 Å². The highest BCUT2D eigenvalue weighted by Crippen LogP contribution is 2.41. The molecule has 1 aromatic rings. The molecule has 1 saturated heterocycles. The first-order valence-corrected chi connectivity index (χ1v) is 9.22. The molecule has 0 bridgehead atoms. The summed E-state index contributed by atoms with van der Waals surface area (Å²) in [5, 5.41) is 10.3. The van der Waals surface area contributed by atoms with Gasteiger partial charge in [-0.1, -0.05) is 18.2 Å². The summed E-state index contributed by atoms with van der Waals surface area (Å²) in [6.07, 6.45) is 0.746. The molecule has 7 nitrogen and oxygen atoms in total. The molecule has 146 valence electrons. The summed E-state index contributed by atoms with van der Waals surface area (Å²) in [5.74, 6) is -0.683. The first-order chi connectivity index (χ1) is 13.0. The number of amides is 1. The Balaban J connectivity index is 1.82. The second-order valence-electron chi connectivity index (χ2n) is 6.77. The molecule has 1 amide bonds. The Morgan fingerprint density at radius 2 is 1.96 bits per heavy atom. The van der Waals surface area contributed by atoms with Gasteiger partial charge in [-0.2, -0.15) is 0 Å². The van der Waals surface area contributed by atoms with Gasteiger partial charge in [0.1, 0.15) is 5.75 Å². The lowest BCUT2D eigenvalue weighted by atomic mass is 9.96. The highest BCUT2D eigenvalue weighted by atomic mass is 16.5. The Morgan fingerprint density at radius 3 is 2.63 bits per heavy atom. The molecule has 0 aromatic heterocycles. The van der Waals surface area contributed by atoms with E-state index in [1.165, 1.54) is 6.92 Å². The van der Waals surface area contributed by atoms with Crippen LogP contribution in [0.3, 0.4) is 0 Å². The van der Waals surface area contributed by atoms with Crippen molar-refractivity contribution in [1.29, 1.82) is 0 Å². The SMILES string of the molecule is COc1ccccc1[C@@H]1C(C(C)=O)=C(O)C(=O)N1CCCN1CCOCC1. The average molecular weight is 374 g/mol. The minimum Gasteiger partial charge on any atom is -0.503 e. The predicted octanol–water partition coefficient (Wildman–Crippen LogP) is 1.70. The summed E-state index contributed by atoms with van der Waals surface area (Å²) >= 11 is 0. The van der Waals surface area contributed by atoms with E-state index in [1.54, 1.807) is 18.1 Å². The molecule has 0 unspecified atom stereocenters. The maximum absolute atomic E-state index is 12.7. The van der Waals surface area contributed by atoms with Gasteiger partial charge in [-0.25, -0.2) is 0 Å². The molecular formula is C20H26N2O5. The number of para-hydroxylation sites is 1. The summed E-state index contributed by atoms with van der Waals surface area (Å²) in [6, 6.07) is 6.66. The number of aliphatic hydroxyl groups excluding tert-OH is 1. The van der Waals surface area contributed by atoms with Crippen molar-refractivity contribution in [3.05, 3.63) is 41.2 Å². The zero-order valence-corrected chi connectivity index (χ0v) is 15.8. The Morgan fingerprint density at radius 1 is 1.26 bits per heavy atom. The van der Waals surface area contributed by atoms with Gasteiger partial charge >= 0.3 is 0 Å². The topological polar surface area (TPSA) is 79.3 Å². The molecule has 27 heavy (non-hydrogen) atoms. The van der Waals surface area contributed by atoms with E-state index in [0.29, 0.717) is 17.9 Å². The van der Waals surface area contributed by atoms with E-state index in [2.05, 4.69) is 4.90 Å². The Bertz CT molecular complexity index is 740. The van der Waals surface area contributed by atoms with Gasteiger partial charge in [0.25, 0.3) is 5.91 Å². The van der Waals surface area contributed by atoms with Gasteiger partial charge < -0.3 is 19.5 Å². The van der Waals surface area contributed by atoms with Crippen molar-refractivity contribution in [2.45, 2.75) is 19.4 Å². The zero-order valence-electron chi connectivity index (χ0n) is 15.8. The lowest BCUT2D eigenvalue weighted by molar-refractivity contribution is -0.129. The zero-order chi connectivity index (χ0) is 19.4. The fraction of sp³-hybridized carbons (Fsp3) is 0.500. The van der Waals surface area contributed by atoms with Crippen LogP contribution in [0.2, 0.25) is 0 Å². The number of rotatable bonds is 7. The molecule has 3 rings (SSSR count). The molecule has 1 aromatic carbocycles. The van der Waals surface area contributed by atoms with Crippen LogP contribution in [-0.4, -0.2) is 73.1 Å². The van der Waals surface area contributed by atoms with Crippen molar-refractivity contribution in [1.82, 2.24) is 9.80 Å².